The molecule has 0 bridgehead atoms. The van der Waals surface area contributed by atoms with Crippen LogP contribution < -0.4 is 10.1 Å². The summed E-state index contributed by atoms with van der Waals surface area (Å²) in [5, 5.41) is 11.2. The molecule has 0 spiro atoms. The van der Waals surface area contributed by atoms with Crippen LogP contribution in [0.5, 0.6) is 5.75 Å². The number of aromatic nitrogens is 3. The number of ether oxygens (including phenoxy) is 1. The van der Waals surface area contributed by atoms with E-state index in [1.165, 1.54) is 0 Å². The average molecular weight is 504 g/mol. The Kier molecular flexibility index (Phi) is 5.84. The SMILES string of the molecule is COc1ccc(CN2C(=O)c3cccc(NC(=O)c4nnc5ccccn45)c3C2c2ccccc2C)cc1. The molecule has 188 valence electrons. The second kappa shape index (κ2) is 9.48. The monoisotopic (exact) mass is 503 g/mol. The third-order valence-corrected chi connectivity index (χ3v) is 6.94. The highest BCUT2D eigenvalue weighted by Gasteiger charge is 2.40. The van der Waals surface area contributed by atoms with Gasteiger partial charge in [-0.15, -0.1) is 10.2 Å². The Morgan fingerprint density at radius 2 is 1.74 bits per heavy atom. The van der Waals surface area contributed by atoms with Gasteiger partial charge in [-0.2, -0.15) is 0 Å². The van der Waals surface area contributed by atoms with Crippen LogP contribution in [0.15, 0.2) is 91.1 Å². The van der Waals surface area contributed by atoms with Crippen molar-refractivity contribution in [2.75, 3.05) is 12.4 Å². The zero-order valence-corrected chi connectivity index (χ0v) is 21.0. The quantitative estimate of drug-likeness (QED) is 0.351. The predicted octanol–water partition coefficient (Wildman–Crippen LogP) is 5.04. The number of anilines is 1. The maximum absolute atomic E-state index is 13.8. The molecule has 1 aliphatic heterocycles. The van der Waals surface area contributed by atoms with Gasteiger partial charge >= 0.3 is 0 Å². The highest BCUT2D eigenvalue weighted by molar-refractivity contribution is 6.06. The molecule has 0 saturated heterocycles. The molecule has 6 rings (SSSR count). The molecule has 1 unspecified atom stereocenters. The van der Waals surface area contributed by atoms with Gasteiger partial charge in [0, 0.05) is 29.6 Å². The number of rotatable bonds is 6. The molecule has 0 saturated carbocycles. The molecule has 2 aromatic heterocycles. The minimum absolute atomic E-state index is 0.0897. The molecule has 0 aliphatic carbocycles. The molecule has 5 aromatic rings. The summed E-state index contributed by atoms with van der Waals surface area (Å²) in [6.45, 7) is 2.44. The molecule has 3 aromatic carbocycles. The van der Waals surface area contributed by atoms with Crippen molar-refractivity contribution in [3.63, 3.8) is 0 Å². The van der Waals surface area contributed by atoms with Gasteiger partial charge in [0.05, 0.1) is 13.2 Å². The van der Waals surface area contributed by atoms with E-state index >= 15 is 0 Å². The number of pyridine rings is 1. The Balaban J connectivity index is 1.42. The van der Waals surface area contributed by atoms with Gasteiger partial charge < -0.3 is 15.0 Å². The standard InChI is InChI=1S/C30H25N5O3/c1-19-8-3-4-9-22(19)27-26-23(30(37)35(27)18-20-13-15-21(38-2)16-14-20)10-7-11-24(26)31-29(36)28-33-32-25-12-5-6-17-34(25)28/h3-17,27H,18H2,1-2H3,(H,31,36). The fourth-order valence-electron chi connectivity index (χ4n) is 5.07. The molecule has 1 N–H and O–H groups in total. The van der Waals surface area contributed by atoms with Crippen LogP contribution in [0.2, 0.25) is 0 Å². The summed E-state index contributed by atoms with van der Waals surface area (Å²) in [6, 6.07) is 26.2. The van der Waals surface area contributed by atoms with E-state index < -0.39 is 5.91 Å². The number of carbonyl (C=O) groups is 2. The molecule has 2 amide bonds. The Labute approximate surface area is 219 Å². The summed E-state index contributed by atoms with van der Waals surface area (Å²) < 4.78 is 6.93. The van der Waals surface area contributed by atoms with E-state index in [2.05, 4.69) is 15.5 Å². The predicted molar refractivity (Wildman–Crippen MR) is 143 cm³/mol. The van der Waals surface area contributed by atoms with Gasteiger partial charge in [-0.25, -0.2) is 0 Å². The number of benzene rings is 3. The first kappa shape index (κ1) is 23.4. The van der Waals surface area contributed by atoms with Crippen molar-refractivity contribution in [2.45, 2.75) is 19.5 Å². The third-order valence-electron chi connectivity index (χ3n) is 6.94. The number of hydrogen-bond donors (Lipinski definition) is 1. The van der Waals surface area contributed by atoms with E-state index in [1.54, 1.807) is 29.8 Å². The lowest BCUT2D eigenvalue weighted by Gasteiger charge is -2.28. The van der Waals surface area contributed by atoms with Gasteiger partial charge in [0.1, 0.15) is 5.75 Å². The normalized spacial score (nSPS) is 14.5. The molecule has 8 nitrogen and oxygen atoms in total. The van der Waals surface area contributed by atoms with E-state index in [9.17, 15) is 9.59 Å². The first-order valence-corrected chi connectivity index (χ1v) is 12.3. The smallest absolute Gasteiger partial charge is 0.293 e. The minimum Gasteiger partial charge on any atom is -0.497 e. The van der Waals surface area contributed by atoms with Gasteiger partial charge in [0.2, 0.25) is 5.82 Å². The second-order valence-corrected chi connectivity index (χ2v) is 9.21. The lowest BCUT2D eigenvalue weighted by Crippen LogP contribution is -2.29. The minimum atomic E-state index is -0.401. The van der Waals surface area contributed by atoms with E-state index in [4.69, 9.17) is 4.74 Å². The third kappa shape index (κ3) is 3.96. The van der Waals surface area contributed by atoms with Gasteiger partial charge in [-0.1, -0.05) is 48.5 Å². The Morgan fingerprint density at radius 3 is 2.53 bits per heavy atom. The highest BCUT2D eigenvalue weighted by atomic mass is 16.5. The molecule has 1 aliphatic rings. The fraction of sp³-hybridized carbons (Fsp3) is 0.133. The number of nitrogens with zero attached hydrogens (tertiary/aromatic N) is 4. The number of fused-ring (bicyclic) bond motifs is 2. The lowest BCUT2D eigenvalue weighted by atomic mass is 9.93. The van der Waals surface area contributed by atoms with Crippen LogP contribution >= 0.6 is 0 Å². The molecule has 3 heterocycles. The first-order chi connectivity index (χ1) is 18.5. The van der Waals surface area contributed by atoms with E-state index in [1.807, 2.05) is 84.6 Å². The number of amides is 2. The molecule has 0 radical (unpaired) electrons. The molecule has 8 heteroatoms. The Bertz CT molecular complexity index is 1680. The molecule has 1 atom stereocenters. The molecule has 0 fully saturated rings. The lowest BCUT2D eigenvalue weighted by molar-refractivity contribution is 0.0735. The summed E-state index contributed by atoms with van der Waals surface area (Å²) in [6.07, 6.45) is 1.75. The van der Waals surface area contributed by atoms with E-state index in [0.29, 0.717) is 23.4 Å². The number of carbonyl (C=O) groups excluding carboxylic acids is 2. The van der Waals surface area contributed by atoms with Crippen molar-refractivity contribution < 1.29 is 14.3 Å². The van der Waals surface area contributed by atoms with Crippen molar-refractivity contribution >= 4 is 23.1 Å². The number of hydrogen-bond acceptors (Lipinski definition) is 5. The van der Waals surface area contributed by atoms with Crippen molar-refractivity contribution in [3.05, 3.63) is 125 Å². The topological polar surface area (TPSA) is 88.8 Å². The zero-order valence-electron chi connectivity index (χ0n) is 21.0. The van der Waals surface area contributed by atoms with Gasteiger partial charge in [-0.3, -0.25) is 14.0 Å². The number of nitrogens with one attached hydrogen (secondary N) is 1. The van der Waals surface area contributed by atoms with Crippen LogP contribution in [0, 0.1) is 6.92 Å². The molecular formula is C30H25N5O3. The fourth-order valence-corrected chi connectivity index (χ4v) is 5.07. The van der Waals surface area contributed by atoms with Crippen molar-refractivity contribution in [2.24, 2.45) is 0 Å². The number of aryl methyl sites for hydroxylation is 1. The number of methoxy groups -OCH3 is 1. The Morgan fingerprint density at radius 1 is 0.947 bits per heavy atom. The van der Waals surface area contributed by atoms with Gasteiger partial charge in [0.15, 0.2) is 5.65 Å². The summed E-state index contributed by atoms with van der Waals surface area (Å²) >= 11 is 0. The Hall–Kier alpha value is -4.98. The van der Waals surface area contributed by atoms with Crippen LogP contribution in [-0.2, 0) is 6.54 Å². The van der Waals surface area contributed by atoms with Crippen LogP contribution in [0.4, 0.5) is 5.69 Å². The van der Waals surface area contributed by atoms with Crippen LogP contribution in [0.25, 0.3) is 5.65 Å². The molecule has 38 heavy (non-hydrogen) atoms. The van der Waals surface area contributed by atoms with Crippen LogP contribution in [0.3, 0.4) is 0 Å². The van der Waals surface area contributed by atoms with Crippen LogP contribution in [0.1, 0.15) is 49.3 Å². The van der Waals surface area contributed by atoms with E-state index in [-0.39, 0.29) is 17.8 Å². The van der Waals surface area contributed by atoms with Crippen LogP contribution in [-0.4, -0.2) is 38.4 Å². The van der Waals surface area contributed by atoms with Gasteiger partial charge in [-0.05, 0) is 60.0 Å². The summed E-state index contributed by atoms with van der Waals surface area (Å²) in [5.41, 5.74) is 5.52. The van der Waals surface area contributed by atoms with Crippen molar-refractivity contribution in [3.8, 4) is 5.75 Å². The molecular weight excluding hydrogens is 478 g/mol. The maximum atomic E-state index is 13.8. The summed E-state index contributed by atoms with van der Waals surface area (Å²) in [7, 11) is 1.63. The van der Waals surface area contributed by atoms with Crippen molar-refractivity contribution in [1.82, 2.24) is 19.5 Å². The summed E-state index contributed by atoms with van der Waals surface area (Å²) in [5.74, 6) is 0.436. The van der Waals surface area contributed by atoms with Gasteiger partial charge in [0.25, 0.3) is 11.8 Å². The highest BCUT2D eigenvalue weighted by Crippen LogP contribution is 2.44. The largest absolute Gasteiger partial charge is 0.497 e. The van der Waals surface area contributed by atoms with E-state index in [0.717, 1.165) is 28.0 Å². The maximum Gasteiger partial charge on any atom is 0.293 e. The zero-order chi connectivity index (χ0) is 26.2. The first-order valence-electron chi connectivity index (χ1n) is 12.3. The average Bonchev–Trinajstić information content (AvgIpc) is 3.49. The van der Waals surface area contributed by atoms with Crippen molar-refractivity contribution in [1.29, 1.82) is 0 Å². The summed E-state index contributed by atoms with van der Waals surface area (Å²) in [4.78, 5) is 29.0. The second-order valence-electron chi connectivity index (χ2n) is 9.21.